The van der Waals surface area contributed by atoms with Crippen molar-refractivity contribution >= 4 is 14.0 Å². The Labute approximate surface area is 170 Å². The lowest BCUT2D eigenvalue weighted by Crippen LogP contribution is -2.29. The molecule has 0 aliphatic heterocycles. The van der Waals surface area contributed by atoms with Gasteiger partial charge in [0.05, 0.1) is 13.0 Å². The molecule has 0 bridgehead atoms. The van der Waals surface area contributed by atoms with Gasteiger partial charge in [-0.1, -0.05) is 69.2 Å². The fourth-order valence-corrected chi connectivity index (χ4v) is 4.75. The maximum absolute atomic E-state index is 12.6. The van der Waals surface area contributed by atoms with Crippen molar-refractivity contribution in [3.8, 4) is 22.6 Å². The molecule has 3 heteroatoms. The Kier molecular flexibility index (Phi) is 5.81. The monoisotopic (exact) mass is 390 g/mol. The van der Waals surface area contributed by atoms with Crippen LogP contribution in [0, 0.1) is 11.5 Å². The number of carbonyl (C=O) groups is 1. The molecule has 28 heavy (non-hydrogen) atoms. The highest BCUT2D eigenvalue weighted by atomic mass is 28.3. The van der Waals surface area contributed by atoms with Crippen molar-refractivity contribution in [2.24, 2.45) is 0 Å². The summed E-state index contributed by atoms with van der Waals surface area (Å²) in [6.45, 7) is 11.2. The SMILES string of the molecule is CCCC1(CC(=O)OCC)c2ccccc2-c2ccc(C#C[Si](C)(C)C)cc21. The molecule has 0 spiro atoms. The second kappa shape index (κ2) is 7.97. The van der Waals surface area contributed by atoms with Gasteiger partial charge in [-0.25, -0.2) is 0 Å². The Morgan fingerprint density at radius 2 is 1.75 bits per heavy atom. The van der Waals surface area contributed by atoms with E-state index in [1.54, 1.807) is 0 Å². The molecule has 1 aliphatic carbocycles. The van der Waals surface area contributed by atoms with Gasteiger partial charge in [0, 0.05) is 11.0 Å². The molecule has 1 atom stereocenters. The van der Waals surface area contributed by atoms with Crippen molar-refractivity contribution in [1.82, 2.24) is 0 Å². The van der Waals surface area contributed by atoms with E-state index in [9.17, 15) is 4.79 Å². The van der Waals surface area contributed by atoms with E-state index in [0.29, 0.717) is 13.0 Å². The highest BCUT2D eigenvalue weighted by Crippen LogP contribution is 2.53. The van der Waals surface area contributed by atoms with Gasteiger partial charge >= 0.3 is 5.97 Å². The number of ether oxygens (including phenoxy) is 1. The quantitative estimate of drug-likeness (QED) is 0.359. The molecule has 0 fully saturated rings. The van der Waals surface area contributed by atoms with E-state index in [1.165, 1.54) is 22.3 Å². The summed E-state index contributed by atoms with van der Waals surface area (Å²) in [7, 11) is -1.45. The largest absolute Gasteiger partial charge is 0.466 e. The fraction of sp³-hybridized carbons (Fsp3) is 0.400. The molecule has 2 aromatic rings. The fourth-order valence-electron chi connectivity index (χ4n) is 4.23. The molecule has 2 aromatic carbocycles. The standard InChI is InChI=1S/C25H30O2Si/c1-6-15-25(18-24(26)27-7-2)22-11-9-8-10-20(22)21-13-12-19(17-23(21)25)14-16-28(3,4)5/h8-13,17H,6-7,15,18H2,1-5H3. The van der Waals surface area contributed by atoms with E-state index in [4.69, 9.17) is 4.74 Å². The minimum Gasteiger partial charge on any atom is -0.466 e. The summed E-state index contributed by atoms with van der Waals surface area (Å²) < 4.78 is 5.37. The lowest BCUT2D eigenvalue weighted by molar-refractivity contribution is -0.144. The average molecular weight is 391 g/mol. The number of benzene rings is 2. The topological polar surface area (TPSA) is 26.3 Å². The Balaban J connectivity index is 2.18. The second-order valence-electron chi connectivity index (χ2n) is 8.62. The first-order chi connectivity index (χ1) is 13.3. The van der Waals surface area contributed by atoms with E-state index in [2.05, 4.69) is 80.5 Å². The van der Waals surface area contributed by atoms with Crippen LogP contribution in [-0.4, -0.2) is 20.7 Å². The lowest BCUT2D eigenvalue weighted by atomic mass is 9.72. The molecule has 0 radical (unpaired) electrons. The third-order valence-electron chi connectivity index (χ3n) is 5.28. The van der Waals surface area contributed by atoms with Gasteiger partial charge in [0.15, 0.2) is 0 Å². The molecule has 0 aromatic heterocycles. The van der Waals surface area contributed by atoms with Gasteiger partial charge in [-0.3, -0.25) is 4.79 Å². The summed E-state index contributed by atoms with van der Waals surface area (Å²) in [5.74, 6) is 3.27. The van der Waals surface area contributed by atoms with Gasteiger partial charge in [-0.05, 0) is 47.7 Å². The number of rotatable bonds is 5. The van der Waals surface area contributed by atoms with Crippen molar-refractivity contribution in [2.75, 3.05) is 6.61 Å². The number of fused-ring (bicyclic) bond motifs is 3. The minimum absolute atomic E-state index is 0.128. The van der Waals surface area contributed by atoms with Crippen LogP contribution in [0.1, 0.15) is 49.8 Å². The Hall–Kier alpha value is -2.31. The normalized spacial score (nSPS) is 17.3. The van der Waals surface area contributed by atoms with Gasteiger partial charge in [0.25, 0.3) is 0 Å². The second-order valence-corrected chi connectivity index (χ2v) is 13.4. The van der Waals surface area contributed by atoms with Crippen LogP contribution in [0.5, 0.6) is 0 Å². The molecule has 0 saturated heterocycles. The van der Waals surface area contributed by atoms with Crippen molar-refractivity contribution in [3.63, 3.8) is 0 Å². The molecule has 0 saturated carbocycles. The van der Waals surface area contributed by atoms with Gasteiger partial charge in [-0.15, -0.1) is 5.54 Å². The van der Waals surface area contributed by atoms with Crippen LogP contribution in [0.25, 0.3) is 11.1 Å². The molecule has 3 rings (SSSR count). The van der Waals surface area contributed by atoms with Crippen LogP contribution in [0.4, 0.5) is 0 Å². The van der Waals surface area contributed by atoms with Crippen LogP contribution >= 0.6 is 0 Å². The van der Waals surface area contributed by atoms with Crippen LogP contribution in [-0.2, 0) is 14.9 Å². The summed E-state index contributed by atoms with van der Waals surface area (Å²) in [6, 6.07) is 15.0. The van der Waals surface area contributed by atoms with Crippen LogP contribution < -0.4 is 0 Å². The summed E-state index contributed by atoms with van der Waals surface area (Å²) >= 11 is 0. The smallest absolute Gasteiger partial charge is 0.307 e. The molecule has 1 unspecified atom stereocenters. The Morgan fingerprint density at radius 1 is 1.04 bits per heavy atom. The minimum atomic E-state index is -1.45. The summed E-state index contributed by atoms with van der Waals surface area (Å²) in [5.41, 5.74) is 9.12. The number of carbonyl (C=O) groups excluding carboxylic acids is 1. The Morgan fingerprint density at radius 3 is 2.43 bits per heavy atom. The predicted molar refractivity (Wildman–Crippen MR) is 119 cm³/mol. The zero-order valence-corrected chi connectivity index (χ0v) is 18.7. The molecule has 0 heterocycles. The van der Waals surface area contributed by atoms with E-state index in [-0.39, 0.29) is 11.4 Å². The van der Waals surface area contributed by atoms with E-state index in [0.717, 1.165) is 18.4 Å². The maximum atomic E-state index is 12.6. The Bertz CT molecular complexity index is 943. The summed E-state index contributed by atoms with van der Waals surface area (Å²) in [6.07, 6.45) is 2.29. The molecule has 2 nitrogen and oxygen atoms in total. The molecule has 0 amide bonds. The van der Waals surface area contributed by atoms with Crippen molar-refractivity contribution < 1.29 is 9.53 Å². The molecule has 1 aliphatic rings. The lowest BCUT2D eigenvalue weighted by Gasteiger charge is -2.31. The molecule has 0 N–H and O–H groups in total. The first-order valence-electron chi connectivity index (χ1n) is 10.2. The predicted octanol–water partition coefficient (Wildman–Crippen LogP) is 5.94. The van der Waals surface area contributed by atoms with Gasteiger partial charge in [-0.2, -0.15) is 0 Å². The molecular formula is C25H30O2Si. The third-order valence-corrected chi connectivity index (χ3v) is 6.15. The van der Waals surface area contributed by atoms with E-state index >= 15 is 0 Å². The third kappa shape index (κ3) is 3.93. The van der Waals surface area contributed by atoms with Crippen LogP contribution in [0.3, 0.4) is 0 Å². The number of esters is 1. The number of hydrogen-bond acceptors (Lipinski definition) is 2. The van der Waals surface area contributed by atoms with Crippen LogP contribution in [0.2, 0.25) is 19.6 Å². The average Bonchev–Trinajstić information content (AvgIpc) is 2.90. The van der Waals surface area contributed by atoms with E-state index < -0.39 is 8.07 Å². The summed E-state index contributed by atoms with van der Waals surface area (Å²) in [5, 5.41) is 0. The zero-order chi connectivity index (χ0) is 20.4. The van der Waals surface area contributed by atoms with Gasteiger partial charge < -0.3 is 4.74 Å². The maximum Gasteiger partial charge on any atom is 0.307 e. The van der Waals surface area contributed by atoms with Crippen LogP contribution in [0.15, 0.2) is 42.5 Å². The van der Waals surface area contributed by atoms with Gasteiger partial charge in [0.1, 0.15) is 8.07 Å². The highest BCUT2D eigenvalue weighted by Gasteiger charge is 2.44. The number of hydrogen-bond donors (Lipinski definition) is 0. The van der Waals surface area contributed by atoms with Crippen molar-refractivity contribution in [2.45, 2.75) is 58.2 Å². The zero-order valence-electron chi connectivity index (χ0n) is 17.7. The first kappa shape index (κ1) is 20.4. The van der Waals surface area contributed by atoms with Gasteiger partial charge in [0.2, 0.25) is 0 Å². The molecular weight excluding hydrogens is 360 g/mol. The van der Waals surface area contributed by atoms with E-state index in [1.807, 2.05) is 6.92 Å². The summed E-state index contributed by atoms with van der Waals surface area (Å²) in [4.78, 5) is 12.6. The van der Waals surface area contributed by atoms with Crippen molar-refractivity contribution in [1.29, 1.82) is 0 Å². The highest BCUT2D eigenvalue weighted by molar-refractivity contribution is 6.83. The first-order valence-corrected chi connectivity index (χ1v) is 13.7. The molecule has 146 valence electrons. The van der Waals surface area contributed by atoms with Crippen molar-refractivity contribution in [3.05, 3.63) is 59.2 Å².